The SMILES string of the molecule is CCCC(=O)OCC[N+](C)(C)C.Cl.O. The Kier molecular flexibility index (Phi) is 12.7. The van der Waals surface area contributed by atoms with Gasteiger partial charge in [-0.25, -0.2) is 0 Å². The number of rotatable bonds is 5. The van der Waals surface area contributed by atoms with E-state index in [0.29, 0.717) is 13.0 Å². The highest BCUT2D eigenvalue weighted by atomic mass is 35.5. The zero-order valence-corrected chi connectivity index (χ0v) is 10.3. The molecule has 0 atom stereocenters. The van der Waals surface area contributed by atoms with Gasteiger partial charge in [0.05, 0.1) is 21.1 Å². The summed E-state index contributed by atoms with van der Waals surface area (Å²) in [6.45, 7) is 3.37. The molecule has 0 fully saturated rings. The van der Waals surface area contributed by atoms with Crippen molar-refractivity contribution in [1.82, 2.24) is 0 Å². The van der Waals surface area contributed by atoms with Gasteiger partial charge >= 0.3 is 5.97 Å². The minimum absolute atomic E-state index is 0. The van der Waals surface area contributed by atoms with Gasteiger partial charge in [-0.05, 0) is 6.42 Å². The first-order valence-corrected chi connectivity index (χ1v) is 4.42. The van der Waals surface area contributed by atoms with Crippen molar-refractivity contribution < 1.29 is 19.5 Å². The van der Waals surface area contributed by atoms with E-state index >= 15 is 0 Å². The molecule has 0 aromatic rings. The van der Waals surface area contributed by atoms with Crippen LogP contribution in [0.5, 0.6) is 0 Å². The predicted molar refractivity (Wildman–Crippen MR) is 59.6 cm³/mol. The van der Waals surface area contributed by atoms with Crippen molar-refractivity contribution in [3.8, 4) is 0 Å². The van der Waals surface area contributed by atoms with Gasteiger partial charge in [0.25, 0.3) is 0 Å². The van der Waals surface area contributed by atoms with Gasteiger partial charge in [0.15, 0.2) is 0 Å². The quantitative estimate of drug-likeness (QED) is 0.512. The van der Waals surface area contributed by atoms with E-state index in [4.69, 9.17) is 4.74 Å². The Morgan fingerprint density at radius 3 is 2.14 bits per heavy atom. The summed E-state index contributed by atoms with van der Waals surface area (Å²) < 4.78 is 5.84. The molecule has 2 N–H and O–H groups in total. The molecule has 0 bridgehead atoms. The second-order valence-electron chi connectivity index (χ2n) is 3.98. The largest absolute Gasteiger partial charge is 0.460 e. The number of likely N-dealkylation sites (N-methyl/N-ethyl adjacent to an activating group) is 1. The molecule has 0 aliphatic heterocycles. The maximum absolute atomic E-state index is 10.9. The molecule has 0 amide bonds. The number of hydrogen-bond donors (Lipinski definition) is 0. The van der Waals surface area contributed by atoms with E-state index in [9.17, 15) is 4.79 Å². The van der Waals surface area contributed by atoms with Gasteiger partial charge in [0.2, 0.25) is 0 Å². The zero-order valence-electron chi connectivity index (χ0n) is 9.50. The maximum atomic E-state index is 10.9. The van der Waals surface area contributed by atoms with Crippen LogP contribution in [0.3, 0.4) is 0 Å². The van der Waals surface area contributed by atoms with Crippen LogP contribution in [0.2, 0.25) is 0 Å². The van der Waals surface area contributed by atoms with E-state index in [-0.39, 0.29) is 23.9 Å². The smallest absolute Gasteiger partial charge is 0.305 e. The average Bonchev–Trinajstić information content (AvgIpc) is 1.84. The average molecular weight is 229 g/mol. The van der Waals surface area contributed by atoms with E-state index in [1.807, 2.05) is 6.92 Å². The number of quaternary nitrogens is 1. The van der Waals surface area contributed by atoms with E-state index in [1.165, 1.54) is 0 Å². The van der Waals surface area contributed by atoms with Crippen LogP contribution in [0.1, 0.15) is 19.8 Å². The molecule has 0 spiro atoms. The molecule has 0 aromatic heterocycles. The predicted octanol–water partition coefficient (Wildman–Crippen LogP) is 0.633. The monoisotopic (exact) mass is 228 g/mol. The minimum Gasteiger partial charge on any atom is -0.460 e. The summed E-state index contributed by atoms with van der Waals surface area (Å²) in [6.07, 6.45) is 1.40. The molecule has 5 heteroatoms. The van der Waals surface area contributed by atoms with Crippen LogP contribution in [-0.4, -0.2) is 50.2 Å². The van der Waals surface area contributed by atoms with Crippen molar-refractivity contribution in [1.29, 1.82) is 0 Å². The van der Waals surface area contributed by atoms with Gasteiger partial charge in [-0.1, -0.05) is 6.92 Å². The Bertz CT molecular complexity index is 145. The van der Waals surface area contributed by atoms with Gasteiger partial charge in [-0.3, -0.25) is 4.79 Å². The van der Waals surface area contributed by atoms with E-state index in [2.05, 4.69) is 21.1 Å². The van der Waals surface area contributed by atoms with Crippen LogP contribution < -0.4 is 0 Å². The summed E-state index contributed by atoms with van der Waals surface area (Å²) in [7, 11) is 6.23. The Morgan fingerprint density at radius 2 is 1.79 bits per heavy atom. The van der Waals surface area contributed by atoms with Crippen molar-refractivity contribution in [2.24, 2.45) is 0 Å². The second-order valence-corrected chi connectivity index (χ2v) is 3.98. The standard InChI is InChI=1S/C9H20NO2.ClH.H2O/c1-5-6-9(11)12-8-7-10(2,3)4;;/h5-8H2,1-4H3;1H;1H2/q+1;;. The zero-order chi connectivity index (χ0) is 9.61. The van der Waals surface area contributed by atoms with Crippen LogP contribution in [0.4, 0.5) is 0 Å². The summed E-state index contributed by atoms with van der Waals surface area (Å²) in [4.78, 5) is 10.9. The van der Waals surface area contributed by atoms with E-state index in [0.717, 1.165) is 17.4 Å². The molecule has 0 rings (SSSR count). The van der Waals surface area contributed by atoms with Crippen LogP contribution in [0, 0.1) is 0 Å². The minimum atomic E-state index is -0.0778. The summed E-state index contributed by atoms with van der Waals surface area (Å²) in [5, 5.41) is 0. The van der Waals surface area contributed by atoms with Gasteiger partial charge in [-0.15, -0.1) is 12.4 Å². The molecular weight excluding hydrogens is 206 g/mol. The first kappa shape index (κ1) is 19.3. The van der Waals surface area contributed by atoms with Gasteiger partial charge in [-0.2, -0.15) is 0 Å². The topological polar surface area (TPSA) is 57.8 Å². The third-order valence-corrected chi connectivity index (χ3v) is 1.48. The lowest BCUT2D eigenvalue weighted by Crippen LogP contribution is -2.37. The fourth-order valence-electron chi connectivity index (χ4n) is 0.710. The third-order valence-electron chi connectivity index (χ3n) is 1.48. The van der Waals surface area contributed by atoms with Gasteiger partial charge < -0.3 is 14.7 Å². The van der Waals surface area contributed by atoms with Crippen molar-refractivity contribution in [2.75, 3.05) is 34.3 Å². The Hall–Kier alpha value is -0.320. The van der Waals surface area contributed by atoms with Crippen LogP contribution >= 0.6 is 12.4 Å². The molecule has 0 saturated heterocycles. The van der Waals surface area contributed by atoms with Crippen LogP contribution in [-0.2, 0) is 9.53 Å². The third kappa shape index (κ3) is 14.2. The number of carbonyl (C=O) groups excluding carboxylic acids is 1. The van der Waals surface area contributed by atoms with Crippen molar-refractivity contribution >= 4 is 18.4 Å². The molecule has 0 aliphatic rings. The molecule has 88 valence electrons. The highest BCUT2D eigenvalue weighted by molar-refractivity contribution is 5.85. The van der Waals surface area contributed by atoms with Crippen molar-refractivity contribution in [3.05, 3.63) is 0 Å². The van der Waals surface area contributed by atoms with E-state index < -0.39 is 0 Å². The number of nitrogens with zero attached hydrogens (tertiary/aromatic N) is 1. The molecule has 0 heterocycles. The first-order chi connectivity index (χ1) is 5.45. The van der Waals surface area contributed by atoms with E-state index in [1.54, 1.807) is 0 Å². The number of hydrogen-bond acceptors (Lipinski definition) is 2. The number of halogens is 1. The molecule has 0 saturated carbocycles. The molecule has 0 unspecified atom stereocenters. The van der Waals surface area contributed by atoms with Crippen LogP contribution in [0.15, 0.2) is 0 Å². The van der Waals surface area contributed by atoms with Gasteiger partial charge in [0.1, 0.15) is 13.2 Å². The van der Waals surface area contributed by atoms with Crippen molar-refractivity contribution in [3.63, 3.8) is 0 Å². The Morgan fingerprint density at radius 1 is 1.29 bits per heavy atom. The van der Waals surface area contributed by atoms with Gasteiger partial charge in [0, 0.05) is 6.42 Å². The highest BCUT2D eigenvalue weighted by Crippen LogP contribution is 1.93. The molecule has 0 aliphatic carbocycles. The normalized spacial score (nSPS) is 9.71. The second kappa shape index (κ2) is 9.24. The molecule has 14 heavy (non-hydrogen) atoms. The summed E-state index contributed by atoms with van der Waals surface area (Å²) in [5.74, 6) is -0.0778. The molecule has 0 aromatic carbocycles. The Balaban J connectivity index is -0.000000605. The lowest BCUT2D eigenvalue weighted by atomic mass is 10.3. The fraction of sp³-hybridized carbons (Fsp3) is 0.889. The lowest BCUT2D eigenvalue weighted by molar-refractivity contribution is -0.870. The molecule has 4 nitrogen and oxygen atoms in total. The molecule has 0 radical (unpaired) electrons. The Labute approximate surface area is 92.5 Å². The molecular formula is C9H23ClNO3+. The summed E-state index contributed by atoms with van der Waals surface area (Å²) in [5.41, 5.74) is 0. The number of esters is 1. The lowest BCUT2D eigenvalue weighted by Gasteiger charge is -2.23. The maximum Gasteiger partial charge on any atom is 0.305 e. The summed E-state index contributed by atoms with van der Waals surface area (Å²) in [6, 6.07) is 0. The summed E-state index contributed by atoms with van der Waals surface area (Å²) >= 11 is 0. The first-order valence-electron chi connectivity index (χ1n) is 4.42. The highest BCUT2D eigenvalue weighted by Gasteiger charge is 2.08. The number of ether oxygens (including phenoxy) is 1. The number of carbonyl (C=O) groups is 1. The fourth-order valence-corrected chi connectivity index (χ4v) is 0.710. The van der Waals surface area contributed by atoms with Crippen molar-refractivity contribution in [2.45, 2.75) is 19.8 Å². The van der Waals surface area contributed by atoms with Crippen LogP contribution in [0.25, 0.3) is 0 Å².